The minimum Gasteiger partial charge on any atom is -0.374 e. The van der Waals surface area contributed by atoms with Crippen molar-refractivity contribution in [1.29, 1.82) is 0 Å². The molecular weight excluding hydrogens is 222 g/mol. The van der Waals surface area contributed by atoms with Crippen LogP contribution in [0, 0.1) is 5.92 Å². The number of aromatic nitrogens is 2. The Kier molecular flexibility index (Phi) is 4.54. The molecule has 16 heavy (non-hydrogen) atoms. The third-order valence-electron chi connectivity index (χ3n) is 2.59. The molecule has 1 N–H and O–H groups in total. The first-order valence-electron chi connectivity index (χ1n) is 6.02. The van der Waals surface area contributed by atoms with E-state index in [9.17, 15) is 0 Å². The second-order valence-electron chi connectivity index (χ2n) is 4.21. The van der Waals surface area contributed by atoms with E-state index in [1.807, 2.05) is 0 Å². The van der Waals surface area contributed by atoms with Gasteiger partial charge in [0.2, 0.25) is 5.13 Å². The molecule has 5 heteroatoms. The first-order valence-corrected chi connectivity index (χ1v) is 6.84. The first-order chi connectivity index (χ1) is 7.88. The summed E-state index contributed by atoms with van der Waals surface area (Å²) in [4.78, 5) is 0. The molecule has 90 valence electrons. The fourth-order valence-electron chi connectivity index (χ4n) is 1.43. The van der Waals surface area contributed by atoms with Crippen LogP contribution in [0.4, 0.5) is 5.13 Å². The summed E-state index contributed by atoms with van der Waals surface area (Å²) in [5.41, 5.74) is 0. The van der Waals surface area contributed by atoms with Crippen molar-refractivity contribution in [2.24, 2.45) is 5.92 Å². The van der Waals surface area contributed by atoms with E-state index in [0.717, 1.165) is 35.6 Å². The number of rotatable bonds is 8. The SMILES string of the molecule is CCCNc1nnc(COCCC2CC2)s1. The maximum Gasteiger partial charge on any atom is 0.205 e. The van der Waals surface area contributed by atoms with Gasteiger partial charge in [0.15, 0.2) is 0 Å². The molecule has 0 aliphatic heterocycles. The van der Waals surface area contributed by atoms with Gasteiger partial charge in [-0.15, -0.1) is 10.2 Å². The molecule has 0 aromatic carbocycles. The van der Waals surface area contributed by atoms with Crippen molar-refractivity contribution in [2.75, 3.05) is 18.5 Å². The predicted octanol–water partition coefficient (Wildman–Crippen LogP) is 2.68. The van der Waals surface area contributed by atoms with Crippen molar-refractivity contribution in [3.05, 3.63) is 5.01 Å². The molecule has 1 aromatic rings. The molecule has 4 nitrogen and oxygen atoms in total. The van der Waals surface area contributed by atoms with E-state index in [4.69, 9.17) is 4.74 Å². The first kappa shape index (κ1) is 11.8. The van der Waals surface area contributed by atoms with Crippen LogP contribution < -0.4 is 5.32 Å². The van der Waals surface area contributed by atoms with Gasteiger partial charge in [0, 0.05) is 13.2 Å². The standard InChI is InChI=1S/C11H19N3OS/c1-2-6-12-11-14-13-10(16-11)8-15-7-5-9-3-4-9/h9H,2-8H2,1H3,(H,12,14). The lowest BCUT2D eigenvalue weighted by molar-refractivity contribution is 0.114. The Bertz CT molecular complexity index is 312. The van der Waals surface area contributed by atoms with Crippen molar-refractivity contribution in [3.63, 3.8) is 0 Å². The molecule has 0 spiro atoms. The van der Waals surface area contributed by atoms with Crippen molar-refractivity contribution >= 4 is 16.5 Å². The van der Waals surface area contributed by atoms with Gasteiger partial charge in [-0.1, -0.05) is 31.1 Å². The Hall–Kier alpha value is -0.680. The largest absolute Gasteiger partial charge is 0.374 e. The summed E-state index contributed by atoms with van der Waals surface area (Å²) in [7, 11) is 0. The van der Waals surface area contributed by atoms with E-state index in [2.05, 4.69) is 22.4 Å². The number of ether oxygens (including phenoxy) is 1. The van der Waals surface area contributed by atoms with Gasteiger partial charge in [0.1, 0.15) is 11.6 Å². The number of nitrogens with zero attached hydrogens (tertiary/aromatic N) is 2. The molecule has 2 rings (SSSR count). The van der Waals surface area contributed by atoms with Crippen molar-refractivity contribution in [3.8, 4) is 0 Å². The summed E-state index contributed by atoms with van der Waals surface area (Å²) >= 11 is 1.59. The highest BCUT2D eigenvalue weighted by molar-refractivity contribution is 7.15. The van der Waals surface area contributed by atoms with Crippen LogP contribution in [0.3, 0.4) is 0 Å². The van der Waals surface area contributed by atoms with E-state index in [-0.39, 0.29) is 0 Å². The lowest BCUT2D eigenvalue weighted by Crippen LogP contribution is -1.98. The molecule has 0 radical (unpaired) electrons. The van der Waals surface area contributed by atoms with Gasteiger partial charge in [-0.25, -0.2) is 0 Å². The predicted molar refractivity (Wildman–Crippen MR) is 65.7 cm³/mol. The fraction of sp³-hybridized carbons (Fsp3) is 0.818. The average molecular weight is 241 g/mol. The van der Waals surface area contributed by atoms with E-state index in [1.54, 1.807) is 11.3 Å². The van der Waals surface area contributed by atoms with Gasteiger partial charge in [-0.3, -0.25) is 0 Å². The highest BCUT2D eigenvalue weighted by atomic mass is 32.1. The van der Waals surface area contributed by atoms with Gasteiger partial charge in [-0.05, 0) is 18.8 Å². The van der Waals surface area contributed by atoms with Crippen LogP contribution in [0.1, 0.15) is 37.6 Å². The summed E-state index contributed by atoms with van der Waals surface area (Å²) in [6.07, 6.45) is 5.10. The van der Waals surface area contributed by atoms with Crippen LogP contribution in [0.2, 0.25) is 0 Å². The smallest absolute Gasteiger partial charge is 0.205 e. The average Bonchev–Trinajstić information content (AvgIpc) is 3.01. The second-order valence-corrected chi connectivity index (χ2v) is 5.27. The van der Waals surface area contributed by atoms with Crippen LogP contribution in [0.25, 0.3) is 0 Å². The Labute approximate surface area is 100 Å². The highest BCUT2D eigenvalue weighted by Crippen LogP contribution is 2.32. The summed E-state index contributed by atoms with van der Waals surface area (Å²) in [5.74, 6) is 0.941. The Morgan fingerprint density at radius 3 is 3.06 bits per heavy atom. The van der Waals surface area contributed by atoms with Crippen LogP contribution >= 0.6 is 11.3 Å². The van der Waals surface area contributed by atoms with Crippen molar-refractivity contribution < 1.29 is 4.74 Å². The molecule has 0 bridgehead atoms. The number of anilines is 1. The van der Waals surface area contributed by atoms with E-state index >= 15 is 0 Å². The molecule has 0 unspecified atom stereocenters. The number of hydrogen-bond donors (Lipinski definition) is 1. The van der Waals surface area contributed by atoms with Crippen molar-refractivity contribution in [2.45, 2.75) is 39.2 Å². The molecule has 1 aromatic heterocycles. The van der Waals surface area contributed by atoms with Gasteiger partial charge in [0.25, 0.3) is 0 Å². The Balaban J connectivity index is 1.61. The molecule has 1 saturated carbocycles. The summed E-state index contributed by atoms with van der Waals surface area (Å²) in [6.45, 7) is 4.56. The zero-order valence-electron chi connectivity index (χ0n) is 9.74. The maximum atomic E-state index is 5.57. The van der Waals surface area contributed by atoms with Crippen LogP contribution in [-0.2, 0) is 11.3 Å². The van der Waals surface area contributed by atoms with Crippen LogP contribution in [0.5, 0.6) is 0 Å². The quantitative estimate of drug-likeness (QED) is 0.711. The highest BCUT2D eigenvalue weighted by Gasteiger charge is 2.20. The molecule has 0 amide bonds. The van der Waals surface area contributed by atoms with Gasteiger partial charge in [-0.2, -0.15) is 0 Å². The third kappa shape index (κ3) is 4.06. The third-order valence-corrected chi connectivity index (χ3v) is 3.44. The molecule has 1 heterocycles. The Morgan fingerprint density at radius 2 is 2.31 bits per heavy atom. The minimum absolute atomic E-state index is 0.609. The van der Waals surface area contributed by atoms with Gasteiger partial charge < -0.3 is 10.1 Å². The maximum absolute atomic E-state index is 5.57. The topological polar surface area (TPSA) is 47.0 Å². The van der Waals surface area contributed by atoms with Gasteiger partial charge in [0.05, 0.1) is 0 Å². The number of nitrogens with one attached hydrogen (secondary N) is 1. The van der Waals surface area contributed by atoms with Crippen LogP contribution in [0.15, 0.2) is 0 Å². The molecule has 1 fully saturated rings. The van der Waals surface area contributed by atoms with E-state index in [1.165, 1.54) is 19.3 Å². The molecule has 0 atom stereocenters. The van der Waals surface area contributed by atoms with E-state index in [0.29, 0.717) is 6.61 Å². The molecular formula is C11H19N3OS. The lowest BCUT2D eigenvalue weighted by Gasteiger charge is -1.99. The summed E-state index contributed by atoms with van der Waals surface area (Å²) in [6, 6.07) is 0. The monoisotopic (exact) mass is 241 g/mol. The lowest BCUT2D eigenvalue weighted by atomic mass is 10.3. The zero-order chi connectivity index (χ0) is 11.2. The Morgan fingerprint density at radius 1 is 1.44 bits per heavy atom. The number of hydrogen-bond acceptors (Lipinski definition) is 5. The second kappa shape index (κ2) is 6.15. The normalized spacial score (nSPS) is 15.3. The van der Waals surface area contributed by atoms with E-state index < -0.39 is 0 Å². The fourth-order valence-corrected chi connectivity index (χ4v) is 2.13. The molecule has 1 aliphatic carbocycles. The van der Waals surface area contributed by atoms with Crippen LogP contribution in [-0.4, -0.2) is 23.3 Å². The van der Waals surface area contributed by atoms with Crippen molar-refractivity contribution in [1.82, 2.24) is 10.2 Å². The summed E-state index contributed by atoms with van der Waals surface area (Å²) < 4.78 is 5.57. The molecule has 0 saturated heterocycles. The van der Waals surface area contributed by atoms with Gasteiger partial charge >= 0.3 is 0 Å². The molecule has 1 aliphatic rings. The minimum atomic E-state index is 0.609. The summed E-state index contributed by atoms with van der Waals surface area (Å²) in [5, 5.41) is 13.2. The zero-order valence-corrected chi connectivity index (χ0v) is 10.6.